The molecule has 2 aromatic carbocycles. The molecular weight excluding hydrogens is 352 g/mol. The molecule has 1 heterocycles. The van der Waals surface area contributed by atoms with Crippen molar-refractivity contribution in [1.29, 1.82) is 0 Å². The summed E-state index contributed by atoms with van der Waals surface area (Å²) in [5.74, 6) is 2.10. The lowest BCUT2D eigenvalue weighted by molar-refractivity contribution is 0.216. The van der Waals surface area contributed by atoms with E-state index in [0.29, 0.717) is 12.0 Å². The number of benzene rings is 2. The average molecular weight is 380 g/mol. The van der Waals surface area contributed by atoms with Crippen LogP contribution in [0.1, 0.15) is 35.1 Å². The monoisotopic (exact) mass is 380 g/mol. The predicted octanol–water partition coefficient (Wildman–Crippen LogP) is 3.44. The summed E-state index contributed by atoms with van der Waals surface area (Å²) in [5.41, 5.74) is 3.50. The van der Waals surface area contributed by atoms with Gasteiger partial charge < -0.3 is 24.8 Å². The van der Waals surface area contributed by atoms with Gasteiger partial charge in [0.1, 0.15) is 5.75 Å². The summed E-state index contributed by atoms with van der Waals surface area (Å²) in [6.07, 6.45) is 5.55. The second-order valence-corrected chi connectivity index (χ2v) is 7.78. The SMILES string of the molecule is COc1cc2c(cc1OC)[C@@H]1CC=C[C@H](N(C)C)C1NC2c1cccc(O)c1. The zero-order chi connectivity index (χ0) is 19.8. The van der Waals surface area contributed by atoms with E-state index in [0.717, 1.165) is 23.5 Å². The minimum absolute atomic E-state index is 0.0305. The third kappa shape index (κ3) is 3.15. The Morgan fingerprint density at radius 3 is 2.39 bits per heavy atom. The van der Waals surface area contributed by atoms with E-state index in [4.69, 9.17) is 9.47 Å². The first-order valence-electron chi connectivity index (χ1n) is 9.67. The number of rotatable bonds is 4. The summed E-state index contributed by atoms with van der Waals surface area (Å²) in [6.45, 7) is 0. The van der Waals surface area contributed by atoms with Crippen molar-refractivity contribution in [1.82, 2.24) is 10.2 Å². The molecule has 2 N–H and O–H groups in total. The van der Waals surface area contributed by atoms with Crippen LogP contribution in [0.25, 0.3) is 0 Å². The fourth-order valence-electron chi connectivity index (χ4n) is 4.64. The van der Waals surface area contributed by atoms with Crippen molar-refractivity contribution in [3.05, 3.63) is 65.2 Å². The second kappa shape index (κ2) is 7.49. The van der Waals surface area contributed by atoms with E-state index in [2.05, 4.69) is 54.7 Å². The lowest BCUT2D eigenvalue weighted by Gasteiger charge is -2.46. The molecule has 0 saturated heterocycles. The molecule has 0 spiro atoms. The Bertz CT molecular complexity index is 893. The largest absolute Gasteiger partial charge is 0.508 e. The highest BCUT2D eigenvalue weighted by Gasteiger charge is 2.41. The quantitative estimate of drug-likeness (QED) is 0.796. The number of hydrogen-bond acceptors (Lipinski definition) is 5. The van der Waals surface area contributed by atoms with Crippen molar-refractivity contribution in [2.75, 3.05) is 28.3 Å². The lowest BCUT2D eigenvalue weighted by Crippen LogP contribution is -2.54. The Hall–Kier alpha value is -2.50. The molecule has 148 valence electrons. The van der Waals surface area contributed by atoms with Crippen LogP contribution in [-0.4, -0.2) is 50.4 Å². The van der Waals surface area contributed by atoms with Gasteiger partial charge >= 0.3 is 0 Å². The molecule has 2 unspecified atom stereocenters. The number of nitrogens with zero attached hydrogens (tertiary/aromatic N) is 1. The van der Waals surface area contributed by atoms with Gasteiger partial charge in [0.25, 0.3) is 0 Å². The van der Waals surface area contributed by atoms with Crippen LogP contribution >= 0.6 is 0 Å². The van der Waals surface area contributed by atoms with Crippen molar-refractivity contribution in [3.8, 4) is 17.2 Å². The van der Waals surface area contributed by atoms with Gasteiger partial charge in [-0.2, -0.15) is 0 Å². The van der Waals surface area contributed by atoms with Gasteiger partial charge in [0.15, 0.2) is 11.5 Å². The van der Waals surface area contributed by atoms with Crippen LogP contribution < -0.4 is 14.8 Å². The van der Waals surface area contributed by atoms with Crippen LogP contribution in [0.3, 0.4) is 0 Å². The predicted molar refractivity (Wildman–Crippen MR) is 110 cm³/mol. The van der Waals surface area contributed by atoms with Crippen molar-refractivity contribution >= 4 is 0 Å². The first kappa shape index (κ1) is 18.8. The minimum atomic E-state index is -0.0305. The van der Waals surface area contributed by atoms with Gasteiger partial charge in [0.2, 0.25) is 0 Å². The van der Waals surface area contributed by atoms with Crippen molar-refractivity contribution in [2.24, 2.45) is 0 Å². The summed E-state index contributed by atoms with van der Waals surface area (Å²) in [7, 11) is 7.58. The number of methoxy groups -OCH3 is 2. The van der Waals surface area contributed by atoms with Gasteiger partial charge in [-0.15, -0.1) is 0 Å². The molecule has 0 bridgehead atoms. The lowest BCUT2D eigenvalue weighted by atomic mass is 9.73. The first-order valence-corrected chi connectivity index (χ1v) is 9.67. The van der Waals surface area contributed by atoms with Crippen LogP contribution in [-0.2, 0) is 0 Å². The van der Waals surface area contributed by atoms with E-state index >= 15 is 0 Å². The molecule has 0 aromatic heterocycles. The third-order valence-corrected chi connectivity index (χ3v) is 5.98. The molecule has 4 rings (SSSR count). The average Bonchev–Trinajstić information content (AvgIpc) is 2.71. The van der Waals surface area contributed by atoms with Gasteiger partial charge in [-0.25, -0.2) is 0 Å². The second-order valence-electron chi connectivity index (χ2n) is 7.78. The number of aromatic hydroxyl groups is 1. The normalized spacial score (nSPS) is 25.9. The number of fused-ring (bicyclic) bond motifs is 3. The number of allylic oxidation sites excluding steroid dienone is 1. The Kier molecular flexibility index (Phi) is 5.04. The number of ether oxygens (including phenoxy) is 2. The molecular formula is C23H28N2O3. The molecule has 0 saturated carbocycles. The number of hydrogen-bond donors (Lipinski definition) is 2. The molecule has 28 heavy (non-hydrogen) atoms. The van der Waals surface area contributed by atoms with Gasteiger partial charge in [-0.05, 0) is 61.5 Å². The van der Waals surface area contributed by atoms with Crippen LogP contribution in [0.5, 0.6) is 17.2 Å². The van der Waals surface area contributed by atoms with E-state index in [1.807, 2.05) is 12.1 Å². The molecule has 1 aliphatic heterocycles. The zero-order valence-electron chi connectivity index (χ0n) is 16.8. The molecule has 4 atom stereocenters. The Labute approximate surface area is 166 Å². The van der Waals surface area contributed by atoms with Crippen LogP contribution in [0.15, 0.2) is 48.6 Å². The summed E-state index contributed by atoms with van der Waals surface area (Å²) < 4.78 is 11.2. The number of nitrogens with one attached hydrogen (secondary N) is 1. The molecule has 5 heteroatoms. The minimum Gasteiger partial charge on any atom is -0.508 e. The molecule has 0 fully saturated rings. The van der Waals surface area contributed by atoms with E-state index in [9.17, 15) is 5.11 Å². The molecule has 0 radical (unpaired) electrons. The number of phenols is 1. The smallest absolute Gasteiger partial charge is 0.161 e. The molecule has 2 aliphatic rings. The summed E-state index contributed by atoms with van der Waals surface area (Å²) in [6, 6.07) is 12.2. The van der Waals surface area contributed by atoms with E-state index in [1.165, 1.54) is 11.1 Å². The maximum Gasteiger partial charge on any atom is 0.161 e. The number of phenolic OH excluding ortho intramolecular Hbond substituents is 1. The van der Waals surface area contributed by atoms with Gasteiger partial charge in [-0.3, -0.25) is 0 Å². The van der Waals surface area contributed by atoms with Crippen LogP contribution in [0, 0.1) is 0 Å². The van der Waals surface area contributed by atoms with Crippen molar-refractivity contribution < 1.29 is 14.6 Å². The Morgan fingerprint density at radius 2 is 1.75 bits per heavy atom. The first-order chi connectivity index (χ1) is 13.5. The fraction of sp³-hybridized carbons (Fsp3) is 0.391. The summed E-state index contributed by atoms with van der Waals surface area (Å²) >= 11 is 0. The van der Waals surface area contributed by atoms with Crippen LogP contribution in [0.2, 0.25) is 0 Å². The summed E-state index contributed by atoms with van der Waals surface area (Å²) in [5, 5.41) is 13.9. The van der Waals surface area contributed by atoms with Crippen molar-refractivity contribution in [2.45, 2.75) is 30.5 Å². The standard InChI is InChI=1S/C23H28N2O3/c1-25(2)19-10-6-9-16-17-12-20(27-3)21(28-4)13-18(17)22(24-23(16)19)14-7-5-8-15(26)11-14/h5-8,10-13,16,19,22-24,26H,9H2,1-4H3/t16-,19-,22?,23?/m0/s1. The highest BCUT2D eigenvalue weighted by Crippen LogP contribution is 2.46. The maximum atomic E-state index is 10.1. The Morgan fingerprint density at radius 1 is 1.04 bits per heavy atom. The fourth-order valence-corrected chi connectivity index (χ4v) is 4.64. The van der Waals surface area contributed by atoms with E-state index in [1.54, 1.807) is 20.3 Å². The topological polar surface area (TPSA) is 54.0 Å². The van der Waals surface area contributed by atoms with Crippen LogP contribution in [0.4, 0.5) is 0 Å². The maximum absolute atomic E-state index is 10.1. The third-order valence-electron chi connectivity index (χ3n) is 5.98. The van der Waals surface area contributed by atoms with E-state index in [-0.39, 0.29) is 17.8 Å². The molecule has 1 aliphatic carbocycles. The highest BCUT2D eigenvalue weighted by atomic mass is 16.5. The van der Waals surface area contributed by atoms with E-state index < -0.39 is 0 Å². The van der Waals surface area contributed by atoms with Gasteiger partial charge in [0, 0.05) is 18.0 Å². The van der Waals surface area contributed by atoms with Crippen molar-refractivity contribution in [3.63, 3.8) is 0 Å². The molecule has 5 nitrogen and oxygen atoms in total. The zero-order valence-corrected chi connectivity index (χ0v) is 16.8. The Balaban J connectivity index is 1.89. The molecule has 2 aromatic rings. The number of likely N-dealkylation sites (N-methyl/N-ethyl adjacent to an activating group) is 1. The van der Waals surface area contributed by atoms with Gasteiger partial charge in [-0.1, -0.05) is 24.3 Å². The molecule has 0 amide bonds. The highest BCUT2D eigenvalue weighted by molar-refractivity contribution is 5.54. The van der Waals surface area contributed by atoms with Gasteiger partial charge in [0.05, 0.1) is 20.3 Å². The summed E-state index contributed by atoms with van der Waals surface area (Å²) in [4.78, 5) is 2.26.